The first-order chi connectivity index (χ1) is 18.6. The third-order valence-corrected chi connectivity index (χ3v) is 7.67. The zero-order chi connectivity index (χ0) is 29.4. The lowest BCUT2D eigenvalue weighted by Gasteiger charge is -2.35. The van der Waals surface area contributed by atoms with Crippen molar-refractivity contribution >= 4 is 52.2 Å². The Kier molecular flexibility index (Phi) is 9.12. The van der Waals surface area contributed by atoms with Crippen LogP contribution in [0.5, 0.6) is 11.5 Å². The number of carbonyl (C=O) groups excluding carboxylic acids is 1. The molecule has 1 saturated heterocycles. The smallest absolute Gasteiger partial charge is 0.413 e. The molecule has 0 unspecified atom stereocenters. The van der Waals surface area contributed by atoms with Gasteiger partial charge in [-0.15, -0.1) is 10.2 Å². The van der Waals surface area contributed by atoms with Crippen LogP contribution in [-0.4, -0.2) is 57.9 Å². The molecule has 0 spiro atoms. The topological polar surface area (TPSA) is 83.0 Å². The Morgan fingerprint density at radius 1 is 1.07 bits per heavy atom. The van der Waals surface area contributed by atoms with Gasteiger partial charge in [0.2, 0.25) is 0 Å². The van der Waals surface area contributed by atoms with Crippen molar-refractivity contribution in [2.45, 2.75) is 71.9 Å². The van der Waals surface area contributed by atoms with E-state index < -0.39 is 23.5 Å². The van der Waals surface area contributed by atoms with Gasteiger partial charge in [0, 0.05) is 11.1 Å². The van der Waals surface area contributed by atoms with Gasteiger partial charge >= 0.3 is 6.09 Å². The maximum Gasteiger partial charge on any atom is 0.413 e. The summed E-state index contributed by atoms with van der Waals surface area (Å²) < 4.78 is 23.2. The molecule has 8 nitrogen and oxygen atoms in total. The van der Waals surface area contributed by atoms with Gasteiger partial charge in [-0.1, -0.05) is 46.1 Å². The molecule has 1 aliphatic heterocycles. The van der Waals surface area contributed by atoms with E-state index in [4.69, 9.17) is 53.8 Å². The predicted octanol–water partition coefficient (Wildman–Crippen LogP) is 8.37. The molecule has 0 N–H and O–H groups in total. The van der Waals surface area contributed by atoms with Crippen LogP contribution < -0.4 is 9.47 Å². The van der Waals surface area contributed by atoms with Gasteiger partial charge in [-0.3, -0.25) is 4.90 Å². The lowest BCUT2D eigenvalue weighted by atomic mass is 10.2. The summed E-state index contributed by atoms with van der Waals surface area (Å²) in [6, 6.07) is 8.56. The van der Waals surface area contributed by atoms with Crippen molar-refractivity contribution in [1.29, 1.82) is 0 Å². The number of benzene rings is 2. The molecule has 2 aromatic carbocycles. The first-order valence-electron chi connectivity index (χ1n) is 12.7. The summed E-state index contributed by atoms with van der Waals surface area (Å²) in [6.45, 7) is 13.3. The molecule has 1 atom stereocenters. The molecule has 1 fully saturated rings. The molecule has 0 radical (unpaired) electrons. The van der Waals surface area contributed by atoms with E-state index in [-0.39, 0.29) is 19.3 Å². The largest absolute Gasteiger partial charge is 0.489 e. The van der Waals surface area contributed by atoms with Gasteiger partial charge in [0.05, 0.1) is 33.8 Å². The normalized spacial score (nSPS) is 16.9. The van der Waals surface area contributed by atoms with Crippen LogP contribution in [0.1, 0.15) is 48.5 Å². The predicted molar refractivity (Wildman–Crippen MR) is 159 cm³/mol. The number of ether oxygens (including phenoxy) is 4. The minimum Gasteiger partial charge on any atom is -0.489 e. The summed E-state index contributed by atoms with van der Waals surface area (Å²) in [5, 5.41) is 11.1. The van der Waals surface area contributed by atoms with E-state index in [1.165, 1.54) is 11.3 Å². The van der Waals surface area contributed by atoms with E-state index in [0.29, 0.717) is 42.1 Å². The molecule has 12 heteroatoms. The van der Waals surface area contributed by atoms with E-state index in [2.05, 4.69) is 10.2 Å². The van der Waals surface area contributed by atoms with Crippen LogP contribution in [-0.2, 0) is 9.47 Å². The van der Waals surface area contributed by atoms with Gasteiger partial charge in [0.1, 0.15) is 33.7 Å². The van der Waals surface area contributed by atoms with Crippen LogP contribution in [0.25, 0.3) is 21.1 Å². The van der Waals surface area contributed by atoms with Crippen LogP contribution in [0, 0.1) is 0 Å². The molecule has 3 aromatic rings. The highest BCUT2D eigenvalue weighted by atomic mass is 35.5. The molecule has 216 valence electrons. The fourth-order valence-electron chi connectivity index (χ4n) is 4.13. The number of aromatic nitrogens is 2. The quantitative estimate of drug-likeness (QED) is 0.260. The Morgan fingerprint density at radius 2 is 1.68 bits per heavy atom. The van der Waals surface area contributed by atoms with Crippen LogP contribution in [0.2, 0.25) is 15.1 Å². The second kappa shape index (κ2) is 11.9. The van der Waals surface area contributed by atoms with Gasteiger partial charge in [0.15, 0.2) is 5.75 Å². The number of halogens is 3. The van der Waals surface area contributed by atoms with Gasteiger partial charge in [0.25, 0.3) is 0 Å². The van der Waals surface area contributed by atoms with Crippen molar-refractivity contribution in [3.05, 3.63) is 45.4 Å². The first-order valence-corrected chi connectivity index (χ1v) is 14.7. The fourth-order valence-corrected chi connectivity index (χ4v) is 5.78. The molecule has 1 aliphatic rings. The van der Waals surface area contributed by atoms with Crippen LogP contribution in [0.4, 0.5) is 4.79 Å². The molecule has 1 amide bonds. The molecule has 0 aliphatic carbocycles. The highest BCUT2D eigenvalue weighted by Gasteiger charge is 2.46. The van der Waals surface area contributed by atoms with Crippen LogP contribution in [0.15, 0.2) is 30.3 Å². The summed E-state index contributed by atoms with van der Waals surface area (Å²) in [5.74, 6) is 0.916. The van der Waals surface area contributed by atoms with Crippen molar-refractivity contribution in [2.24, 2.45) is 0 Å². The number of hydrogen-bond acceptors (Lipinski definition) is 8. The van der Waals surface area contributed by atoms with Crippen molar-refractivity contribution in [2.75, 3.05) is 13.2 Å². The summed E-state index contributed by atoms with van der Waals surface area (Å²) in [5.41, 5.74) is 0.0115. The van der Waals surface area contributed by atoms with Crippen molar-refractivity contribution in [1.82, 2.24) is 15.1 Å². The van der Waals surface area contributed by atoms with Gasteiger partial charge < -0.3 is 18.9 Å². The van der Waals surface area contributed by atoms with E-state index in [0.717, 1.165) is 5.56 Å². The minimum atomic E-state index is -0.852. The molecular weight excluding hydrogens is 597 g/mol. The first kappa shape index (κ1) is 30.7. The minimum absolute atomic E-state index is 0.0141. The van der Waals surface area contributed by atoms with Gasteiger partial charge in [-0.2, -0.15) is 0 Å². The Labute approximate surface area is 253 Å². The lowest BCUT2D eigenvalue weighted by molar-refractivity contribution is -0.0637. The monoisotopic (exact) mass is 627 g/mol. The maximum absolute atomic E-state index is 12.9. The summed E-state index contributed by atoms with van der Waals surface area (Å²) in [6.07, 6.45) is -0.466. The van der Waals surface area contributed by atoms with E-state index in [1.54, 1.807) is 23.1 Å². The van der Waals surface area contributed by atoms with E-state index >= 15 is 0 Å². The third kappa shape index (κ3) is 7.12. The average molecular weight is 629 g/mol. The van der Waals surface area contributed by atoms with Gasteiger partial charge in [-0.05, 0) is 78.8 Å². The Hall–Kier alpha value is -2.30. The molecule has 40 heavy (non-hydrogen) atoms. The zero-order valence-electron chi connectivity index (χ0n) is 23.4. The highest BCUT2D eigenvalue weighted by molar-refractivity contribution is 7.17. The molecule has 4 rings (SSSR count). The summed E-state index contributed by atoms with van der Waals surface area (Å²) in [7, 11) is 0. The summed E-state index contributed by atoms with van der Waals surface area (Å²) >= 11 is 21.0. The molecular formula is C28H32Cl3N3O5S. The fraction of sp³-hybridized carbons (Fsp3) is 0.464. The Balaban J connectivity index is 1.49. The number of hydrogen-bond donors (Lipinski definition) is 0. The number of carbonyl (C=O) groups is 1. The second-order valence-corrected chi connectivity index (χ2v) is 13.3. The Bertz CT molecular complexity index is 1370. The average Bonchev–Trinajstić information content (AvgIpc) is 3.43. The van der Waals surface area contributed by atoms with Crippen molar-refractivity contribution < 1.29 is 23.7 Å². The molecule has 0 bridgehead atoms. The summed E-state index contributed by atoms with van der Waals surface area (Å²) in [4.78, 5) is 14.5. The maximum atomic E-state index is 12.9. The second-order valence-electron chi connectivity index (χ2n) is 11.1. The lowest BCUT2D eigenvalue weighted by Crippen LogP contribution is -2.51. The van der Waals surface area contributed by atoms with Crippen LogP contribution in [0.3, 0.4) is 0 Å². The zero-order valence-corrected chi connectivity index (χ0v) is 26.5. The van der Waals surface area contributed by atoms with Crippen molar-refractivity contribution in [3.8, 4) is 32.6 Å². The number of amides is 1. The Morgan fingerprint density at radius 3 is 2.25 bits per heavy atom. The molecule has 0 saturated carbocycles. The third-order valence-electron chi connectivity index (χ3n) is 5.80. The highest BCUT2D eigenvalue weighted by Crippen LogP contribution is 2.41. The van der Waals surface area contributed by atoms with Crippen LogP contribution >= 0.6 is 46.1 Å². The van der Waals surface area contributed by atoms with E-state index in [1.807, 2.05) is 60.6 Å². The number of nitrogens with zero attached hydrogens (tertiary/aromatic N) is 3. The van der Waals surface area contributed by atoms with Gasteiger partial charge in [-0.25, -0.2) is 4.79 Å². The number of rotatable bonds is 7. The molecule has 2 heterocycles. The van der Waals surface area contributed by atoms with E-state index in [9.17, 15) is 4.79 Å². The SMILES string of the molecule is CC(C)Oc1ccc(-c2nnc(-c3cc(Cl)c(OC[C@H]4COC(C)(C)N4C(=O)OC(C)(C)C)c(Cl)c3)s2)cc1Cl. The molecule has 1 aromatic heterocycles. The van der Waals surface area contributed by atoms with Crippen molar-refractivity contribution in [3.63, 3.8) is 0 Å². The standard InChI is InChI=1S/C28H32Cl3N3O5S/c1-15(2)38-22-9-8-16(10-19(22)29)24-32-33-25(40-24)17-11-20(30)23(21(31)12-17)36-13-18-14-37-28(6,7)34(18)26(35)39-27(3,4)5/h8-12,15,18H,13-14H2,1-7H3/t18-/m0/s1.